The number of piperazine rings is 1. The summed E-state index contributed by atoms with van der Waals surface area (Å²) in [7, 11) is 3.20. The molecule has 1 aromatic carbocycles. The normalized spacial score (nSPS) is 15.1. The van der Waals surface area contributed by atoms with Gasteiger partial charge in [-0.1, -0.05) is 6.07 Å². The number of anilines is 1. The van der Waals surface area contributed by atoms with Crippen molar-refractivity contribution in [2.75, 3.05) is 38.8 Å². The maximum absolute atomic E-state index is 12.7. The maximum atomic E-state index is 12.7. The summed E-state index contributed by atoms with van der Waals surface area (Å²) in [6.45, 7) is 6.03. The lowest BCUT2D eigenvalue weighted by atomic mass is 10.2. The van der Waals surface area contributed by atoms with E-state index in [9.17, 15) is 4.79 Å². The Labute approximate surface area is 175 Å². The summed E-state index contributed by atoms with van der Waals surface area (Å²) in [4.78, 5) is 30.4. The van der Waals surface area contributed by atoms with Crippen LogP contribution in [0.25, 0.3) is 22.4 Å². The third kappa shape index (κ3) is 3.78. The van der Waals surface area contributed by atoms with Crippen LogP contribution in [0.5, 0.6) is 11.5 Å². The van der Waals surface area contributed by atoms with Crippen LogP contribution in [0.1, 0.15) is 13.8 Å². The molecule has 8 nitrogen and oxygen atoms in total. The lowest BCUT2D eigenvalue weighted by molar-refractivity contribution is -0.121. The number of carbonyl (C=O) groups excluding carboxylic acids is 1. The number of pyridine rings is 1. The van der Waals surface area contributed by atoms with Crippen molar-refractivity contribution >= 4 is 22.6 Å². The van der Waals surface area contributed by atoms with Crippen LogP contribution in [0.15, 0.2) is 36.5 Å². The van der Waals surface area contributed by atoms with Gasteiger partial charge in [-0.05, 0) is 26.0 Å². The van der Waals surface area contributed by atoms with Crippen molar-refractivity contribution in [1.29, 1.82) is 0 Å². The average Bonchev–Trinajstić information content (AvgIpc) is 2.77. The number of amides is 1. The van der Waals surface area contributed by atoms with Crippen LogP contribution in [-0.4, -0.2) is 65.7 Å². The summed E-state index contributed by atoms with van der Waals surface area (Å²) in [5.74, 6) is 2.44. The highest BCUT2D eigenvalue weighted by molar-refractivity contribution is 5.95. The monoisotopic (exact) mass is 407 g/mol. The number of ether oxygens (including phenoxy) is 2. The molecule has 156 valence electrons. The van der Waals surface area contributed by atoms with E-state index in [0.29, 0.717) is 53.5 Å². The van der Waals surface area contributed by atoms with Gasteiger partial charge in [0.25, 0.3) is 0 Å². The van der Waals surface area contributed by atoms with Gasteiger partial charge in [0.15, 0.2) is 5.82 Å². The summed E-state index contributed by atoms with van der Waals surface area (Å²) in [6, 6.07) is 9.54. The molecule has 0 radical (unpaired) electrons. The molecule has 0 aliphatic carbocycles. The predicted octanol–water partition coefficient (Wildman–Crippen LogP) is 2.77. The van der Waals surface area contributed by atoms with Crippen molar-refractivity contribution < 1.29 is 14.3 Å². The number of benzene rings is 1. The second kappa shape index (κ2) is 8.23. The topological polar surface area (TPSA) is 80.7 Å². The minimum absolute atomic E-state index is 0.0495. The van der Waals surface area contributed by atoms with Gasteiger partial charge in [-0.2, -0.15) is 0 Å². The van der Waals surface area contributed by atoms with Crippen LogP contribution in [0, 0.1) is 0 Å². The fraction of sp³-hybridized carbons (Fsp3) is 0.364. The third-order valence-corrected chi connectivity index (χ3v) is 5.31. The molecule has 2 aromatic heterocycles. The van der Waals surface area contributed by atoms with Crippen molar-refractivity contribution in [3.05, 3.63) is 36.5 Å². The zero-order valence-corrected chi connectivity index (χ0v) is 17.6. The third-order valence-electron chi connectivity index (χ3n) is 5.31. The lowest BCUT2D eigenvalue weighted by Gasteiger charge is -2.35. The first kappa shape index (κ1) is 20.0. The van der Waals surface area contributed by atoms with Crippen LogP contribution in [0.4, 0.5) is 5.82 Å². The van der Waals surface area contributed by atoms with Crippen molar-refractivity contribution in [3.8, 4) is 23.0 Å². The maximum Gasteiger partial charge on any atom is 0.242 e. The van der Waals surface area contributed by atoms with E-state index in [1.807, 2.05) is 24.3 Å². The van der Waals surface area contributed by atoms with Gasteiger partial charge in [0.2, 0.25) is 5.91 Å². The molecule has 0 spiro atoms. The first-order chi connectivity index (χ1) is 14.5. The quantitative estimate of drug-likeness (QED) is 0.643. The Hall–Kier alpha value is -3.26. The van der Waals surface area contributed by atoms with Crippen LogP contribution in [0.3, 0.4) is 0 Å². The predicted molar refractivity (Wildman–Crippen MR) is 115 cm³/mol. The Morgan fingerprint density at radius 3 is 2.60 bits per heavy atom. The molecular weight excluding hydrogens is 382 g/mol. The summed E-state index contributed by atoms with van der Waals surface area (Å²) in [5.41, 5.74) is 1.31. The molecule has 0 saturated carbocycles. The van der Waals surface area contributed by atoms with Crippen molar-refractivity contribution in [2.24, 2.45) is 0 Å². The number of fused-ring (bicyclic) bond motifs is 1. The van der Waals surface area contributed by atoms with E-state index >= 15 is 0 Å². The molecule has 0 N–H and O–H groups in total. The Morgan fingerprint density at radius 1 is 1.07 bits per heavy atom. The second-order valence-corrected chi connectivity index (χ2v) is 7.45. The van der Waals surface area contributed by atoms with E-state index in [-0.39, 0.29) is 5.91 Å². The van der Waals surface area contributed by atoms with E-state index in [1.165, 1.54) is 0 Å². The lowest BCUT2D eigenvalue weighted by Crippen LogP contribution is -2.52. The van der Waals surface area contributed by atoms with E-state index in [2.05, 4.69) is 33.7 Å². The number of hydrogen-bond donors (Lipinski definition) is 0. The molecule has 0 atom stereocenters. The van der Waals surface area contributed by atoms with Gasteiger partial charge in [0, 0.05) is 37.5 Å². The molecule has 0 bridgehead atoms. The zero-order chi connectivity index (χ0) is 21.3. The summed E-state index contributed by atoms with van der Waals surface area (Å²) in [5, 5.41) is 0.790. The average molecular weight is 407 g/mol. The highest BCUT2D eigenvalue weighted by Gasteiger charge is 2.27. The van der Waals surface area contributed by atoms with Crippen LogP contribution in [0.2, 0.25) is 0 Å². The minimum Gasteiger partial charge on any atom is -0.497 e. The number of hydrogen-bond acceptors (Lipinski definition) is 7. The number of carbonyl (C=O) groups is 1. The van der Waals surface area contributed by atoms with Crippen LogP contribution >= 0.6 is 0 Å². The van der Waals surface area contributed by atoms with Gasteiger partial charge in [0.05, 0.1) is 31.7 Å². The summed E-state index contributed by atoms with van der Waals surface area (Å²) in [6.07, 6.45) is 1.72. The number of nitrogens with zero attached hydrogens (tertiary/aromatic N) is 5. The standard InChI is InChI=1S/C22H25N5O3/c1-14(2)26-8-9-27(21(28)13-26)20-7-5-6-17(24-20)22-23-12-16-18(25-22)10-15(29-3)11-19(16)30-4/h5-7,10-12,14H,8-9,13H2,1-4H3. The molecule has 1 amide bonds. The molecule has 3 aromatic rings. The van der Waals surface area contributed by atoms with Crippen molar-refractivity contribution in [3.63, 3.8) is 0 Å². The molecule has 30 heavy (non-hydrogen) atoms. The van der Waals surface area contributed by atoms with Gasteiger partial charge in [-0.3, -0.25) is 14.6 Å². The molecule has 8 heteroatoms. The van der Waals surface area contributed by atoms with E-state index < -0.39 is 0 Å². The zero-order valence-electron chi connectivity index (χ0n) is 17.6. The minimum atomic E-state index is 0.0495. The Morgan fingerprint density at radius 2 is 1.90 bits per heavy atom. The van der Waals surface area contributed by atoms with Crippen LogP contribution < -0.4 is 14.4 Å². The van der Waals surface area contributed by atoms with Gasteiger partial charge in [-0.25, -0.2) is 15.0 Å². The van der Waals surface area contributed by atoms with E-state index in [4.69, 9.17) is 9.47 Å². The molecule has 1 fully saturated rings. The Balaban J connectivity index is 1.67. The van der Waals surface area contributed by atoms with Crippen molar-refractivity contribution in [2.45, 2.75) is 19.9 Å². The van der Waals surface area contributed by atoms with Crippen LogP contribution in [-0.2, 0) is 4.79 Å². The van der Waals surface area contributed by atoms with E-state index in [1.54, 1.807) is 31.4 Å². The number of methoxy groups -OCH3 is 2. The SMILES string of the molecule is COc1cc(OC)c2cnc(-c3cccc(N4CCN(C(C)C)CC4=O)n3)nc2c1. The molecule has 0 unspecified atom stereocenters. The molecule has 1 saturated heterocycles. The molecule has 4 rings (SSSR count). The molecular formula is C22H25N5O3. The first-order valence-electron chi connectivity index (χ1n) is 9.90. The number of aromatic nitrogens is 3. The highest BCUT2D eigenvalue weighted by Crippen LogP contribution is 2.31. The molecule has 1 aliphatic heterocycles. The summed E-state index contributed by atoms with van der Waals surface area (Å²) >= 11 is 0. The van der Waals surface area contributed by atoms with Gasteiger partial charge < -0.3 is 9.47 Å². The molecule has 1 aliphatic rings. The van der Waals surface area contributed by atoms with Gasteiger partial charge in [-0.15, -0.1) is 0 Å². The largest absolute Gasteiger partial charge is 0.497 e. The fourth-order valence-electron chi connectivity index (χ4n) is 3.56. The van der Waals surface area contributed by atoms with Gasteiger partial charge >= 0.3 is 0 Å². The molecule has 3 heterocycles. The highest BCUT2D eigenvalue weighted by atomic mass is 16.5. The summed E-state index contributed by atoms with van der Waals surface area (Å²) < 4.78 is 10.8. The second-order valence-electron chi connectivity index (χ2n) is 7.45. The number of rotatable bonds is 5. The van der Waals surface area contributed by atoms with Gasteiger partial charge in [0.1, 0.15) is 23.0 Å². The first-order valence-corrected chi connectivity index (χ1v) is 9.90. The fourth-order valence-corrected chi connectivity index (χ4v) is 3.56. The Kier molecular flexibility index (Phi) is 5.50. The van der Waals surface area contributed by atoms with Crippen molar-refractivity contribution in [1.82, 2.24) is 19.9 Å². The Bertz CT molecular complexity index is 1090. The van der Waals surface area contributed by atoms with E-state index in [0.717, 1.165) is 11.9 Å². The smallest absolute Gasteiger partial charge is 0.242 e.